The normalized spacial score (nSPS) is 44.9. The molecule has 10 nitrogen and oxygen atoms in total. The van der Waals surface area contributed by atoms with E-state index in [0.29, 0.717) is 0 Å². The summed E-state index contributed by atoms with van der Waals surface area (Å²) in [5.74, 6) is -4.81. The Bertz CT molecular complexity index is 349. The summed E-state index contributed by atoms with van der Waals surface area (Å²) in [7, 11) is 0. The van der Waals surface area contributed by atoms with E-state index in [9.17, 15) is 30.3 Å². The molecule has 1 heterocycles. The second kappa shape index (κ2) is 5.36. The van der Waals surface area contributed by atoms with Gasteiger partial charge in [0, 0.05) is 0 Å². The highest BCUT2D eigenvalue weighted by Crippen LogP contribution is 2.35. The first kappa shape index (κ1) is 16.4. The zero-order chi connectivity index (χ0) is 15.0. The summed E-state index contributed by atoms with van der Waals surface area (Å²) in [5, 5.41) is 65.6. The van der Waals surface area contributed by atoms with Crippen LogP contribution in [0.4, 0.5) is 0 Å². The Balaban J connectivity index is 3.19. The minimum absolute atomic E-state index is 0.857. The SMILES string of the molecule is NC1(O)OC(CO)C(O)C(O)C1(O)C(=O)C(O)CO. The molecule has 0 aromatic rings. The number of Topliss-reactive ketones (excluding diaryl/α,β-unsaturated/α-hetero) is 1. The number of carbonyl (C=O) groups excluding carboxylic acids is 1. The van der Waals surface area contributed by atoms with E-state index in [1.165, 1.54) is 0 Å². The minimum atomic E-state index is -3.28. The molecule has 0 radical (unpaired) electrons. The number of hydrogen-bond acceptors (Lipinski definition) is 10. The summed E-state index contributed by atoms with van der Waals surface area (Å²) in [5.41, 5.74) is 1.88. The number of aliphatic hydroxyl groups is 7. The number of carbonyl (C=O) groups is 1. The Morgan fingerprint density at radius 1 is 1.32 bits per heavy atom. The smallest absolute Gasteiger partial charge is 0.263 e. The molecular weight excluding hydrogens is 266 g/mol. The van der Waals surface area contributed by atoms with Gasteiger partial charge in [-0.3, -0.25) is 10.5 Å². The van der Waals surface area contributed by atoms with Gasteiger partial charge in [0.25, 0.3) is 5.91 Å². The van der Waals surface area contributed by atoms with Crippen LogP contribution in [-0.4, -0.2) is 90.7 Å². The summed E-state index contributed by atoms with van der Waals surface area (Å²) in [4.78, 5) is 11.7. The van der Waals surface area contributed by atoms with Crippen LogP contribution in [0.2, 0.25) is 0 Å². The molecule has 19 heavy (non-hydrogen) atoms. The maximum absolute atomic E-state index is 11.7. The van der Waals surface area contributed by atoms with Gasteiger partial charge in [0.05, 0.1) is 13.2 Å². The molecule has 0 aromatic carbocycles. The van der Waals surface area contributed by atoms with Crippen LogP contribution < -0.4 is 5.73 Å². The molecule has 1 aliphatic heterocycles. The fraction of sp³-hybridized carbons (Fsp3) is 0.889. The molecule has 1 aliphatic rings. The largest absolute Gasteiger partial charge is 0.394 e. The Morgan fingerprint density at radius 3 is 2.26 bits per heavy atom. The zero-order valence-electron chi connectivity index (χ0n) is 9.75. The lowest BCUT2D eigenvalue weighted by molar-refractivity contribution is -0.374. The lowest BCUT2D eigenvalue weighted by atomic mass is 9.79. The van der Waals surface area contributed by atoms with Crippen LogP contribution in [0.1, 0.15) is 0 Å². The molecule has 6 unspecified atom stereocenters. The van der Waals surface area contributed by atoms with Crippen molar-refractivity contribution in [3.63, 3.8) is 0 Å². The first-order chi connectivity index (χ1) is 8.63. The Hall–Kier alpha value is -0.690. The first-order valence-corrected chi connectivity index (χ1v) is 5.35. The molecule has 1 fully saturated rings. The van der Waals surface area contributed by atoms with E-state index >= 15 is 0 Å². The van der Waals surface area contributed by atoms with Crippen LogP contribution >= 0.6 is 0 Å². The second-order valence-electron chi connectivity index (χ2n) is 4.30. The summed E-state index contributed by atoms with van der Waals surface area (Å²) in [6.45, 7) is -1.96. The Morgan fingerprint density at radius 2 is 1.84 bits per heavy atom. The summed E-state index contributed by atoms with van der Waals surface area (Å²) in [6, 6.07) is 0. The topological polar surface area (TPSA) is 194 Å². The van der Waals surface area contributed by atoms with Gasteiger partial charge in [-0.25, -0.2) is 0 Å². The summed E-state index contributed by atoms with van der Waals surface area (Å²) >= 11 is 0. The summed E-state index contributed by atoms with van der Waals surface area (Å²) in [6.07, 6.45) is -8.00. The molecule has 0 aliphatic carbocycles. The minimum Gasteiger partial charge on any atom is -0.394 e. The molecule has 0 bridgehead atoms. The van der Waals surface area contributed by atoms with Gasteiger partial charge < -0.3 is 40.5 Å². The van der Waals surface area contributed by atoms with E-state index < -0.39 is 54.9 Å². The predicted octanol–water partition coefficient (Wildman–Crippen LogP) is -5.64. The number of ether oxygens (including phenoxy) is 1. The zero-order valence-corrected chi connectivity index (χ0v) is 9.75. The van der Waals surface area contributed by atoms with Gasteiger partial charge in [-0.2, -0.15) is 0 Å². The van der Waals surface area contributed by atoms with Gasteiger partial charge >= 0.3 is 0 Å². The van der Waals surface area contributed by atoms with E-state index in [2.05, 4.69) is 4.74 Å². The van der Waals surface area contributed by atoms with Gasteiger partial charge in [-0.1, -0.05) is 0 Å². The monoisotopic (exact) mass is 283 g/mol. The molecular formula is C9H17NO9. The third kappa shape index (κ3) is 2.38. The molecule has 9 N–H and O–H groups in total. The number of ketones is 1. The van der Waals surface area contributed by atoms with E-state index in [1.54, 1.807) is 0 Å². The number of hydrogen-bond donors (Lipinski definition) is 8. The third-order valence-electron chi connectivity index (χ3n) is 3.04. The molecule has 10 heteroatoms. The molecule has 0 aromatic heterocycles. The van der Waals surface area contributed by atoms with Crippen molar-refractivity contribution in [3.8, 4) is 0 Å². The van der Waals surface area contributed by atoms with Crippen molar-refractivity contribution in [1.29, 1.82) is 0 Å². The molecule has 0 spiro atoms. The first-order valence-electron chi connectivity index (χ1n) is 5.35. The molecule has 0 amide bonds. The standard InChI is InChI=1S/C9H17NO9/c10-9(18)8(17,6(15)3(13)1-11)7(16)5(14)4(2-12)19-9/h3-5,7,11-14,16-18H,1-2,10H2. The lowest BCUT2D eigenvalue weighted by Crippen LogP contribution is -2.80. The van der Waals surface area contributed by atoms with Crippen molar-refractivity contribution >= 4 is 5.78 Å². The average molecular weight is 283 g/mol. The molecule has 112 valence electrons. The predicted molar refractivity (Wildman–Crippen MR) is 56.2 cm³/mol. The summed E-state index contributed by atoms with van der Waals surface area (Å²) < 4.78 is 4.55. The highest BCUT2D eigenvalue weighted by molar-refractivity contribution is 5.92. The molecule has 1 saturated heterocycles. The number of nitrogens with two attached hydrogens (primary N) is 1. The third-order valence-corrected chi connectivity index (χ3v) is 3.04. The molecule has 0 saturated carbocycles. The van der Waals surface area contributed by atoms with Crippen molar-refractivity contribution in [1.82, 2.24) is 0 Å². The van der Waals surface area contributed by atoms with E-state index in [1.807, 2.05) is 0 Å². The fourth-order valence-corrected chi connectivity index (χ4v) is 1.86. The quantitative estimate of drug-likeness (QED) is 0.230. The maximum atomic E-state index is 11.7. The van der Waals surface area contributed by atoms with Gasteiger partial charge in [0.1, 0.15) is 24.4 Å². The van der Waals surface area contributed by atoms with Gasteiger partial charge in [0.15, 0.2) is 0 Å². The molecule has 6 atom stereocenters. The van der Waals surface area contributed by atoms with Gasteiger partial charge in [-0.15, -0.1) is 0 Å². The van der Waals surface area contributed by atoms with Gasteiger partial charge in [0.2, 0.25) is 11.4 Å². The van der Waals surface area contributed by atoms with Crippen LogP contribution in [0.5, 0.6) is 0 Å². The van der Waals surface area contributed by atoms with E-state index in [-0.39, 0.29) is 0 Å². The Kier molecular flexibility index (Phi) is 4.62. The average Bonchev–Trinajstić information content (AvgIpc) is 2.38. The van der Waals surface area contributed by atoms with E-state index in [4.69, 9.17) is 15.9 Å². The number of rotatable bonds is 4. The van der Waals surface area contributed by atoms with Crippen LogP contribution in [0.3, 0.4) is 0 Å². The van der Waals surface area contributed by atoms with Crippen molar-refractivity contribution in [2.45, 2.75) is 35.9 Å². The number of aliphatic hydroxyl groups excluding tert-OH is 5. The highest BCUT2D eigenvalue weighted by atomic mass is 16.7. The van der Waals surface area contributed by atoms with Crippen molar-refractivity contribution in [3.05, 3.63) is 0 Å². The van der Waals surface area contributed by atoms with E-state index in [0.717, 1.165) is 0 Å². The van der Waals surface area contributed by atoms with Crippen molar-refractivity contribution in [2.75, 3.05) is 13.2 Å². The van der Waals surface area contributed by atoms with Crippen LogP contribution in [-0.2, 0) is 9.53 Å². The van der Waals surface area contributed by atoms with Crippen LogP contribution in [0.15, 0.2) is 0 Å². The van der Waals surface area contributed by atoms with Crippen molar-refractivity contribution < 1.29 is 45.3 Å². The Labute approximate surface area is 107 Å². The van der Waals surface area contributed by atoms with Crippen LogP contribution in [0.25, 0.3) is 0 Å². The second-order valence-corrected chi connectivity index (χ2v) is 4.30. The van der Waals surface area contributed by atoms with Crippen molar-refractivity contribution in [2.24, 2.45) is 5.73 Å². The van der Waals surface area contributed by atoms with Gasteiger partial charge in [-0.05, 0) is 0 Å². The molecule has 1 rings (SSSR count). The fourth-order valence-electron chi connectivity index (χ4n) is 1.86. The highest BCUT2D eigenvalue weighted by Gasteiger charge is 2.67. The van der Waals surface area contributed by atoms with Crippen LogP contribution in [0, 0.1) is 0 Å². The lowest BCUT2D eigenvalue weighted by Gasteiger charge is -2.50. The maximum Gasteiger partial charge on any atom is 0.263 e.